The summed E-state index contributed by atoms with van der Waals surface area (Å²) in [5.41, 5.74) is 2.83. The SMILES string of the molecule is COc1ccc(-c2ccccc2)c(C)c1OC1CN(OC(=O)C(F)(F)F)C1. The predicted molar refractivity (Wildman–Crippen MR) is 91.3 cm³/mol. The quantitative estimate of drug-likeness (QED) is 0.790. The van der Waals surface area contributed by atoms with Crippen molar-refractivity contribution in [3.8, 4) is 22.6 Å². The summed E-state index contributed by atoms with van der Waals surface area (Å²) < 4.78 is 47.9. The number of hydrogen-bond donors (Lipinski definition) is 0. The van der Waals surface area contributed by atoms with Crippen molar-refractivity contribution in [1.29, 1.82) is 0 Å². The maximum atomic E-state index is 12.2. The van der Waals surface area contributed by atoms with E-state index in [1.54, 1.807) is 6.07 Å². The summed E-state index contributed by atoms with van der Waals surface area (Å²) in [5, 5.41) is 0.920. The average Bonchev–Trinajstić information content (AvgIpc) is 2.60. The number of methoxy groups -OCH3 is 1. The molecule has 8 heteroatoms. The molecule has 1 saturated heterocycles. The summed E-state index contributed by atoms with van der Waals surface area (Å²) in [6, 6.07) is 13.4. The van der Waals surface area contributed by atoms with Gasteiger partial charge in [-0.2, -0.15) is 13.2 Å². The number of rotatable bonds is 5. The third-order valence-corrected chi connectivity index (χ3v) is 4.22. The Hall–Kier alpha value is -2.74. The average molecular weight is 381 g/mol. The molecule has 1 fully saturated rings. The van der Waals surface area contributed by atoms with Crippen molar-refractivity contribution >= 4 is 5.97 Å². The number of halogens is 3. The van der Waals surface area contributed by atoms with Crippen molar-refractivity contribution in [2.24, 2.45) is 0 Å². The minimum atomic E-state index is -5.02. The van der Waals surface area contributed by atoms with Gasteiger partial charge in [0.2, 0.25) is 0 Å². The van der Waals surface area contributed by atoms with Crippen LogP contribution in [0.1, 0.15) is 5.56 Å². The molecule has 3 rings (SSSR count). The van der Waals surface area contributed by atoms with Crippen molar-refractivity contribution < 1.29 is 32.3 Å². The molecule has 0 radical (unpaired) electrons. The summed E-state index contributed by atoms with van der Waals surface area (Å²) in [5.74, 6) is -1.19. The van der Waals surface area contributed by atoms with Crippen molar-refractivity contribution in [2.75, 3.05) is 20.2 Å². The molecule has 5 nitrogen and oxygen atoms in total. The van der Waals surface area contributed by atoms with Crippen LogP contribution in [0.5, 0.6) is 11.5 Å². The van der Waals surface area contributed by atoms with Crippen LogP contribution in [0.25, 0.3) is 11.1 Å². The van der Waals surface area contributed by atoms with Crippen LogP contribution in [0.15, 0.2) is 42.5 Å². The predicted octanol–water partition coefficient (Wildman–Crippen LogP) is 3.75. The third kappa shape index (κ3) is 4.16. The fourth-order valence-electron chi connectivity index (χ4n) is 2.79. The van der Waals surface area contributed by atoms with Crippen LogP contribution in [0.3, 0.4) is 0 Å². The molecular weight excluding hydrogens is 363 g/mol. The van der Waals surface area contributed by atoms with E-state index in [9.17, 15) is 18.0 Å². The van der Waals surface area contributed by atoms with Crippen LogP contribution in [0, 0.1) is 6.92 Å². The number of nitrogens with zero attached hydrogens (tertiary/aromatic N) is 1. The van der Waals surface area contributed by atoms with E-state index in [1.807, 2.05) is 43.3 Å². The molecule has 0 spiro atoms. The Balaban J connectivity index is 1.71. The first-order valence-electron chi connectivity index (χ1n) is 8.23. The summed E-state index contributed by atoms with van der Waals surface area (Å²) in [4.78, 5) is 15.1. The van der Waals surface area contributed by atoms with Gasteiger partial charge in [-0.05, 0) is 24.1 Å². The van der Waals surface area contributed by atoms with Crippen LogP contribution < -0.4 is 9.47 Å². The number of hydrogen-bond acceptors (Lipinski definition) is 5. The lowest BCUT2D eigenvalue weighted by Gasteiger charge is -2.37. The Morgan fingerprint density at radius 1 is 1.11 bits per heavy atom. The van der Waals surface area contributed by atoms with Crippen molar-refractivity contribution in [3.63, 3.8) is 0 Å². The van der Waals surface area contributed by atoms with E-state index >= 15 is 0 Å². The Morgan fingerprint density at radius 3 is 2.37 bits per heavy atom. The number of hydroxylamine groups is 2. The standard InChI is InChI=1S/C19H18F3NO4/c1-12-15(13-6-4-3-5-7-13)8-9-16(25-2)17(12)26-14-10-23(11-14)27-18(24)19(20,21)22/h3-9,14H,10-11H2,1-2H3. The first kappa shape index (κ1) is 19.0. The minimum absolute atomic E-state index is 0.0416. The molecule has 1 aliphatic heterocycles. The molecule has 0 aliphatic carbocycles. The topological polar surface area (TPSA) is 48.0 Å². The fourth-order valence-corrected chi connectivity index (χ4v) is 2.79. The molecule has 27 heavy (non-hydrogen) atoms. The van der Waals surface area contributed by atoms with Gasteiger partial charge in [-0.15, -0.1) is 5.06 Å². The van der Waals surface area contributed by atoms with E-state index in [1.165, 1.54) is 7.11 Å². The van der Waals surface area contributed by atoms with Gasteiger partial charge in [-0.1, -0.05) is 36.4 Å². The summed E-state index contributed by atoms with van der Waals surface area (Å²) in [7, 11) is 1.52. The molecule has 0 bridgehead atoms. The molecule has 2 aromatic rings. The smallest absolute Gasteiger partial charge is 0.492 e. The monoisotopic (exact) mass is 381 g/mol. The van der Waals surface area contributed by atoms with Gasteiger partial charge in [-0.25, -0.2) is 4.79 Å². The summed E-state index contributed by atoms with van der Waals surface area (Å²) in [6.07, 6.45) is -5.43. The van der Waals surface area contributed by atoms with E-state index in [2.05, 4.69) is 4.84 Å². The minimum Gasteiger partial charge on any atom is -0.493 e. The van der Waals surface area contributed by atoms with Crippen LogP contribution in [-0.2, 0) is 9.63 Å². The number of ether oxygens (including phenoxy) is 2. The Labute approximate surface area is 154 Å². The van der Waals surface area contributed by atoms with Crippen molar-refractivity contribution in [1.82, 2.24) is 5.06 Å². The largest absolute Gasteiger partial charge is 0.493 e. The number of alkyl halides is 3. The maximum absolute atomic E-state index is 12.2. The third-order valence-electron chi connectivity index (χ3n) is 4.22. The van der Waals surface area contributed by atoms with Gasteiger partial charge in [0, 0.05) is 5.56 Å². The molecule has 0 saturated carbocycles. The van der Waals surface area contributed by atoms with Crippen LogP contribution in [-0.4, -0.2) is 43.5 Å². The molecule has 0 unspecified atom stereocenters. The summed E-state index contributed by atoms with van der Waals surface area (Å²) in [6.45, 7) is 1.97. The first-order chi connectivity index (χ1) is 12.8. The highest BCUT2D eigenvalue weighted by Crippen LogP contribution is 2.39. The lowest BCUT2D eigenvalue weighted by atomic mass is 9.99. The van der Waals surface area contributed by atoms with E-state index < -0.39 is 18.2 Å². The number of carbonyl (C=O) groups is 1. The molecular formula is C19H18F3NO4. The second-order valence-electron chi connectivity index (χ2n) is 6.10. The lowest BCUT2D eigenvalue weighted by Crippen LogP contribution is -2.55. The molecule has 0 amide bonds. The van der Waals surface area contributed by atoms with Crippen molar-refractivity contribution in [3.05, 3.63) is 48.0 Å². The van der Waals surface area contributed by atoms with Gasteiger partial charge in [0.25, 0.3) is 0 Å². The van der Waals surface area contributed by atoms with Crippen LogP contribution in [0.4, 0.5) is 13.2 Å². The van der Waals surface area contributed by atoms with Crippen LogP contribution >= 0.6 is 0 Å². The second-order valence-corrected chi connectivity index (χ2v) is 6.10. The number of carbonyl (C=O) groups excluding carboxylic acids is 1. The summed E-state index contributed by atoms with van der Waals surface area (Å²) >= 11 is 0. The number of benzene rings is 2. The molecule has 1 heterocycles. The molecule has 0 atom stereocenters. The highest BCUT2D eigenvalue weighted by atomic mass is 19.4. The van der Waals surface area contributed by atoms with Gasteiger partial charge in [-0.3, -0.25) is 0 Å². The van der Waals surface area contributed by atoms with E-state index in [4.69, 9.17) is 9.47 Å². The Bertz CT molecular complexity index is 818. The zero-order valence-electron chi connectivity index (χ0n) is 14.7. The van der Waals surface area contributed by atoms with E-state index in [0.29, 0.717) is 11.5 Å². The van der Waals surface area contributed by atoms with Gasteiger partial charge in [0.05, 0.1) is 20.2 Å². The van der Waals surface area contributed by atoms with Gasteiger partial charge >= 0.3 is 12.1 Å². The van der Waals surface area contributed by atoms with Crippen LogP contribution in [0.2, 0.25) is 0 Å². The van der Waals surface area contributed by atoms with Gasteiger partial charge < -0.3 is 14.3 Å². The van der Waals surface area contributed by atoms with Crippen molar-refractivity contribution in [2.45, 2.75) is 19.2 Å². The zero-order valence-corrected chi connectivity index (χ0v) is 14.7. The Morgan fingerprint density at radius 2 is 1.78 bits per heavy atom. The molecule has 144 valence electrons. The molecule has 1 aliphatic rings. The van der Waals surface area contributed by atoms with Gasteiger partial charge in [0.15, 0.2) is 11.5 Å². The normalized spacial score (nSPS) is 15.1. The molecule has 0 N–H and O–H groups in total. The zero-order chi connectivity index (χ0) is 19.6. The fraction of sp³-hybridized carbons (Fsp3) is 0.316. The van der Waals surface area contributed by atoms with E-state index in [0.717, 1.165) is 21.8 Å². The first-order valence-corrected chi connectivity index (χ1v) is 8.23. The maximum Gasteiger partial charge on any atom is 0.492 e. The van der Waals surface area contributed by atoms with E-state index in [-0.39, 0.29) is 13.1 Å². The Kier molecular flexibility index (Phi) is 5.27. The second kappa shape index (κ2) is 7.48. The lowest BCUT2D eigenvalue weighted by molar-refractivity contribution is -0.262. The molecule has 2 aromatic carbocycles. The van der Waals surface area contributed by atoms with Gasteiger partial charge in [0.1, 0.15) is 6.10 Å². The highest BCUT2D eigenvalue weighted by molar-refractivity contribution is 5.75. The highest BCUT2D eigenvalue weighted by Gasteiger charge is 2.45. The molecule has 0 aromatic heterocycles.